The van der Waals surface area contributed by atoms with Crippen LogP contribution in [0.2, 0.25) is 0 Å². The molecule has 1 heterocycles. The van der Waals surface area contributed by atoms with E-state index in [9.17, 15) is 0 Å². The molecule has 1 aliphatic rings. The average molecular weight is 342 g/mol. The molecule has 24 heavy (non-hydrogen) atoms. The Bertz CT molecular complexity index is 596. The van der Waals surface area contributed by atoms with Crippen LogP contribution in [-0.2, 0) is 12.8 Å². The molecule has 1 fully saturated rings. The first-order valence-corrected chi connectivity index (χ1v) is 10.1. The van der Waals surface area contributed by atoms with E-state index in [1.165, 1.54) is 35.7 Å². The lowest BCUT2D eigenvalue weighted by atomic mass is 10.0. The summed E-state index contributed by atoms with van der Waals surface area (Å²) < 4.78 is 6.08. The third-order valence-electron chi connectivity index (χ3n) is 4.48. The lowest BCUT2D eigenvalue weighted by Gasteiger charge is -2.26. The van der Waals surface area contributed by atoms with Crippen LogP contribution < -0.4 is 4.74 Å². The molecule has 0 saturated carbocycles. The number of hydrogen-bond donors (Lipinski definition) is 0. The fraction of sp³-hybridized carbons (Fsp3) is 0.429. The van der Waals surface area contributed by atoms with Crippen LogP contribution in [0.5, 0.6) is 5.75 Å². The Hall–Kier alpha value is -1.45. The first kappa shape index (κ1) is 17.4. The Labute approximate surface area is 150 Å². The van der Waals surface area contributed by atoms with Crippen molar-refractivity contribution in [2.45, 2.75) is 19.3 Å². The molecule has 0 aliphatic carbocycles. The maximum absolute atomic E-state index is 6.08. The quantitative estimate of drug-likeness (QED) is 0.665. The van der Waals surface area contributed by atoms with Crippen molar-refractivity contribution in [2.75, 3.05) is 37.7 Å². The summed E-state index contributed by atoms with van der Waals surface area (Å²) in [6, 6.07) is 19.2. The third kappa shape index (κ3) is 5.57. The Morgan fingerprint density at radius 2 is 1.62 bits per heavy atom. The van der Waals surface area contributed by atoms with Crippen molar-refractivity contribution < 1.29 is 4.74 Å². The van der Waals surface area contributed by atoms with E-state index in [1.54, 1.807) is 0 Å². The van der Waals surface area contributed by atoms with E-state index < -0.39 is 0 Å². The van der Waals surface area contributed by atoms with Gasteiger partial charge in [0.05, 0.1) is 6.61 Å². The van der Waals surface area contributed by atoms with Crippen molar-refractivity contribution in [3.8, 4) is 5.75 Å². The highest BCUT2D eigenvalue weighted by atomic mass is 32.2. The molecule has 0 unspecified atom stereocenters. The van der Waals surface area contributed by atoms with E-state index in [0.717, 1.165) is 38.2 Å². The second kappa shape index (κ2) is 9.75. The lowest BCUT2D eigenvalue weighted by Crippen LogP contribution is -2.33. The Morgan fingerprint density at radius 3 is 2.46 bits per heavy atom. The fourth-order valence-corrected chi connectivity index (χ4v) is 4.05. The average Bonchev–Trinajstić information content (AvgIpc) is 2.66. The summed E-state index contributed by atoms with van der Waals surface area (Å²) >= 11 is 2.07. The van der Waals surface area contributed by atoms with Gasteiger partial charge < -0.3 is 9.64 Å². The Balaban J connectivity index is 1.45. The molecule has 128 valence electrons. The van der Waals surface area contributed by atoms with Gasteiger partial charge in [-0.1, -0.05) is 48.5 Å². The summed E-state index contributed by atoms with van der Waals surface area (Å²) in [5.41, 5.74) is 2.70. The minimum atomic E-state index is 0.812. The van der Waals surface area contributed by atoms with Crippen molar-refractivity contribution in [1.29, 1.82) is 0 Å². The zero-order valence-corrected chi connectivity index (χ0v) is 15.1. The number of thioether (sulfide) groups is 1. The maximum Gasteiger partial charge on any atom is 0.122 e. The largest absolute Gasteiger partial charge is 0.493 e. The van der Waals surface area contributed by atoms with Crippen molar-refractivity contribution in [2.24, 2.45) is 0 Å². The van der Waals surface area contributed by atoms with Crippen LogP contribution in [0.3, 0.4) is 0 Å². The number of ether oxygens (including phenoxy) is 1. The summed E-state index contributed by atoms with van der Waals surface area (Å²) in [6.07, 6.45) is 3.20. The monoisotopic (exact) mass is 341 g/mol. The molecule has 2 aromatic rings. The van der Waals surface area contributed by atoms with E-state index in [0.29, 0.717) is 0 Å². The topological polar surface area (TPSA) is 12.5 Å². The predicted octanol–water partition coefficient (Wildman–Crippen LogP) is 4.29. The smallest absolute Gasteiger partial charge is 0.122 e. The number of aryl methyl sites for hydroxylation is 2. The lowest BCUT2D eigenvalue weighted by molar-refractivity contribution is 0.247. The van der Waals surface area contributed by atoms with Gasteiger partial charge in [0.25, 0.3) is 0 Å². The molecule has 0 radical (unpaired) electrons. The zero-order valence-electron chi connectivity index (χ0n) is 14.3. The summed E-state index contributed by atoms with van der Waals surface area (Å²) in [7, 11) is 0. The van der Waals surface area contributed by atoms with Gasteiger partial charge in [0.1, 0.15) is 5.75 Å². The number of para-hydroxylation sites is 1. The van der Waals surface area contributed by atoms with Gasteiger partial charge in [-0.15, -0.1) is 0 Å². The minimum Gasteiger partial charge on any atom is -0.493 e. The highest BCUT2D eigenvalue weighted by molar-refractivity contribution is 7.99. The molecule has 1 saturated heterocycles. The molecule has 3 heteroatoms. The van der Waals surface area contributed by atoms with Gasteiger partial charge in [0.15, 0.2) is 0 Å². The molecular formula is C21H27NOS. The van der Waals surface area contributed by atoms with Crippen LogP contribution in [0.15, 0.2) is 54.6 Å². The zero-order chi connectivity index (χ0) is 16.5. The van der Waals surface area contributed by atoms with Gasteiger partial charge in [-0.3, -0.25) is 0 Å². The number of benzene rings is 2. The van der Waals surface area contributed by atoms with Gasteiger partial charge in [-0.05, 0) is 36.5 Å². The van der Waals surface area contributed by atoms with E-state index in [4.69, 9.17) is 4.74 Å². The SMILES string of the molecule is c1ccc(CCc2ccccc2OCCCN2CCSCC2)cc1. The van der Waals surface area contributed by atoms with Crippen LogP contribution in [-0.4, -0.2) is 42.6 Å². The van der Waals surface area contributed by atoms with Crippen LogP contribution in [0.25, 0.3) is 0 Å². The van der Waals surface area contributed by atoms with Gasteiger partial charge >= 0.3 is 0 Å². The first-order valence-electron chi connectivity index (χ1n) is 8.96. The van der Waals surface area contributed by atoms with Crippen molar-refractivity contribution in [1.82, 2.24) is 4.90 Å². The molecule has 0 spiro atoms. The molecule has 2 nitrogen and oxygen atoms in total. The van der Waals surface area contributed by atoms with Crippen molar-refractivity contribution in [3.05, 3.63) is 65.7 Å². The molecule has 1 aliphatic heterocycles. The van der Waals surface area contributed by atoms with Gasteiger partial charge in [-0.2, -0.15) is 11.8 Å². The van der Waals surface area contributed by atoms with Gasteiger partial charge in [0.2, 0.25) is 0 Å². The first-order chi connectivity index (χ1) is 11.9. The Morgan fingerprint density at radius 1 is 0.875 bits per heavy atom. The normalized spacial score (nSPS) is 15.3. The molecule has 2 aromatic carbocycles. The number of rotatable bonds is 8. The highest BCUT2D eigenvalue weighted by Gasteiger charge is 2.10. The highest BCUT2D eigenvalue weighted by Crippen LogP contribution is 2.20. The summed E-state index contributed by atoms with van der Waals surface area (Å²) in [5.74, 6) is 3.62. The third-order valence-corrected chi connectivity index (χ3v) is 5.42. The van der Waals surface area contributed by atoms with Crippen molar-refractivity contribution in [3.63, 3.8) is 0 Å². The number of nitrogens with zero attached hydrogens (tertiary/aromatic N) is 1. The van der Waals surface area contributed by atoms with E-state index in [1.807, 2.05) is 0 Å². The van der Waals surface area contributed by atoms with E-state index >= 15 is 0 Å². The molecule has 3 rings (SSSR count). The summed E-state index contributed by atoms with van der Waals surface area (Å²) in [4.78, 5) is 2.56. The fourth-order valence-electron chi connectivity index (χ4n) is 3.07. The van der Waals surface area contributed by atoms with Gasteiger partial charge in [-0.25, -0.2) is 0 Å². The molecule has 0 bridgehead atoms. The molecule has 0 aromatic heterocycles. The minimum absolute atomic E-state index is 0.812. The van der Waals surface area contributed by atoms with Crippen LogP contribution in [0.4, 0.5) is 0 Å². The van der Waals surface area contributed by atoms with Crippen LogP contribution in [0.1, 0.15) is 17.5 Å². The second-order valence-corrected chi connectivity index (χ2v) is 7.47. The molecular weight excluding hydrogens is 314 g/mol. The molecule has 0 amide bonds. The molecule has 0 N–H and O–H groups in total. The summed E-state index contributed by atoms with van der Waals surface area (Å²) in [5, 5.41) is 0. The summed E-state index contributed by atoms with van der Waals surface area (Å²) in [6.45, 7) is 4.44. The van der Waals surface area contributed by atoms with Crippen LogP contribution >= 0.6 is 11.8 Å². The Kier molecular flexibility index (Phi) is 7.06. The van der Waals surface area contributed by atoms with E-state index in [-0.39, 0.29) is 0 Å². The van der Waals surface area contributed by atoms with E-state index in [2.05, 4.69) is 71.3 Å². The van der Waals surface area contributed by atoms with Crippen molar-refractivity contribution >= 4 is 11.8 Å². The number of hydrogen-bond acceptors (Lipinski definition) is 3. The standard InChI is InChI=1S/C21H27NOS/c1-2-7-19(8-3-1)11-12-20-9-4-5-10-21(20)23-16-6-13-22-14-17-24-18-15-22/h1-5,7-10H,6,11-18H2. The van der Waals surface area contributed by atoms with Gasteiger partial charge in [0, 0.05) is 31.1 Å². The predicted molar refractivity (Wildman–Crippen MR) is 104 cm³/mol. The van der Waals surface area contributed by atoms with Crippen LogP contribution in [0, 0.1) is 0 Å². The maximum atomic E-state index is 6.08. The molecule has 0 atom stereocenters. The second-order valence-electron chi connectivity index (χ2n) is 6.25.